The summed E-state index contributed by atoms with van der Waals surface area (Å²) in [5.74, 6) is -2.01. The third-order valence-corrected chi connectivity index (χ3v) is 10.3. The van der Waals surface area contributed by atoms with E-state index in [4.69, 9.17) is 0 Å². The average molecular weight is 594 g/mol. The molecule has 6 nitrogen and oxygen atoms in total. The molecule has 3 aliphatic rings. The number of ketones is 1. The number of amides is 2. The molecule has 2 amide bonds. The molecule has 0 N–H and O–H groups in total. The Bertz CT molecular complexity index is 1420. The molecular formula is C35H45F2N3O3. The molecule has 2 aromatic carbocycles. The number of halogens is 2. The van der Waals surface area contributed by atoms with Gasteiger partial charge < -0.3 is 9.80 Å². The van der Waals surface area contributed by atoms with Crippen molar-refractivity contribution in [1.29, 1.82) is 0 Å². The van der Waals surface area contributed by atoms with Crippen LogP contribution in [0.15, 0.2) is 36.4 Å². The highest BCUT2D eigenvalue weighted by Crippen LogP contribution is 2.50. The Kier molecular flexibility index (Phi) is 8.31. The highest BCUT2D eigenvalue weighted by atomic mass is 19.1. The number of nitrogens with zero attached hydrogens (tertiary/aromatic N) is 3. The lowest BCUT2D eigenvalue weighted by molar-refractivity contribution is -0.140. The predicted octanol–water partition coefficient (Wildman–Crippen LogP) is 5.72. The fourth-order valence-electron chi connectivity index (χ4n) is 8.04. The summed E-state index contributed by atoms with van der Waals surface area (Å²) >= 11 is 0. The monoisotopic (exact) mass is 593 g/mol. The van der Waals surface area contributed by atoms with Gasteiger partial charge in [0.05, 0.1) is 5.92 Å². The van der Waals surface area contributed by atoms with E-state index in [-0.39, 0.29) is 46.6 Å². The van der Waals surface area contributed by atoms with E-state index in [1.165, 1.54) is 17.7 Å². The molecule has 8 heteroatoms. The minimum absolute atomic E-state index is 0.00399. The zero-order valence-electron chi connectivity index (χ0n) is 26.5. The van der Waals surface area contributed by atoms with E-state index in [1.54, 1.807) is 13.8 Å². The van der Waals surface area contributed by atoms with Gasteiger partial charge in [-0.25, -0.2) is 8.78 Å². The summed E-state index contributed by atoms with van der Waals surface area (Å²) in [5, 5.41) is 0. The normalized spacial score (nSPS) is 23.6. The van der Waals surface area contributed by atoms with Gasteiger partial charge in [0.15, 0.2) is 5.78 Å². The highest BCUT2D eigenvalue weighted by Gasteiger charge is 2.53. The summed E-state index contributed by atoms with van der Waals surface area (Å²) in [6.45, 7) is 15.6. The topological polar surface area (TPSA) is 60.9 Å². The molecule has 5 rings (SSSR count). The van der Waals surface area contributed by atoms with Gasteiger partial charge in [-0.05, 0) is 89.6 Å². The van der Waals surface area contributed by atoms with Gasteiger partial charge in [-0.2, -0.15) is 0 Å². The van der Waals surface area contributed by atoms with Crippen LogP contribution < -0.4 is 0 Å². The van der Waals surface area contributed by atoms with Crippen molar-refractivity contribution >= 4 is 17.6 Å². The molecule has 3 atom stereocenters. The van der Waals surface area contributed by atoms with Crippen LogP contribution in [0.2, 0.25) is 0 Å². The maximum absolute atomic E-state index is 15.0. The Morgan fingerprint density at radius 2 is 1.65 bits per heavy atom. The van der Waals surface area contributed by atoms with Crippen molar-refractivity contribution in [3.05, 3.63) is 70.3 Å². The molecule has 0 saturated carbocycles. The summed E-state index contributed by atoms with van der Waals surface area (Å²) in [6.07, 6.45) is 2.06. The Hall–Kier alpha value is -3.13. The average Bonchev–Trinajstić information content (AvgIpc) is 3.49. The van der Waals surface area contributed by atoms with E-state index in [1.807, 2.05) is 35.8 Å². The van der Waals surface area contributed by atoms with Gasteiger partial charge in [0, 0.05) is 73.7 Å². The first-order valence-corrected chi connectivity index (χ1v) is 15.6. The molecule has 232 valence electrons. The fourth-order valence-corrected chi connectivity index (χ4v) is 8.04. The number of benzene rings is 2. The lowest BCUT2D eigenvalue weighted by atomic mass is 9.70. The molecule has 1 unspecified atom stereocenters. The van der Waals surface area contributed by atoms with E-state index in [0.29, 0.717) is 56.6 Å². The van der Waals surface area contributed by atoms with Crippen molar-refractivity contribution in [1.82, 2.24) is 14.7 Å². The van der Waals surface area contributed by atoms with Crippen LogP contribution in [0.4, 0.5) is 8.78 Å². The van der Waals surface area contributed by atoms with Gasteiger partial charge in [0.2, 0.25) is 11.8 Å². The number of hydrogen-bond acceptors (Lipinski definition) is 4. The molecule has 2 aliphatic heterocycles. The van der Waals surface area contributed by atoms with Crippen LogP contribution >= 0.6 is 0 Å². The van der Waals surface area contributed by atoms with Crippen LogP contribution in [0, 0.1) is 17.6 Å². The van der Waals surface area contributed by atoms with Crippen LogP contribution in [0.3, 0.4) is 0 Å². The highest BCUT2D eigenvalue weighted by molar-refractivity contribution is 5.94. The van der Waals surface area contributed by atoms with E-state index in [0.717, 1.165) is 11.6 Å². The summed E-state index contributed by atoms with van der Waals surface area (Å²) in [5.41, 5.74) is 2.81. The Morgan fingerprint density at radius 1 is 0.977 bits per heavy atom. The molecule has 0 bridgehead atoms. The molecule has 0 aromatic heterocycles. The first-order chi connectivity index (χ1) is 20.1. The first-order valence-electron chi connectivity index (χ1n) is 15.6. The van der Waals surface area contributed by atoms with Gasteiger partial charge in [-0.1, -0.05) is 18.2 Å². The zero-order valence-corrected chi connectivity index (χ0v) is 26.5. The summed E-state index contributed by atoms with van der Waals surface area (Å²) < 4.78 is 28.8. The van der Waals surface area contributed by atoms with Crippen molar-refractivity contribution in [2.75, 3.05) is 26.2 Å². The molecule has 2 saturated heterocycles. The van der Waals surface area contributed by atoms with Crippen LogP contribution in [0.25, 0.3) is 0 Å². The third-order valence-electron chi connectivity index (χ3n) is 10.3. The lowest BCUT2D eigenvalue weighted by Gasteiger charge is -2.49. The second kappa shape index (κ2) is 11.4. The lowest BCUT2D eigenvalue weighted by Crippen LogP contribution is -2.58. The predicted molar refractivity (Wildman–Crippen MR) is 163 cm³/mol. The van der Waals surface area contributed by atoms with Crippen LogP contribution in [-0.2, 0) is 21.4 Å². The molecule has 0 radical (unpaired) electrons. The number of rotatable bonds is 5. The number of carbonyl (C=O) groups excluding carboxylic acids is 3. The van der Waals surface area contributed by atoms with E-state index in [9.17, 15) is 18.8 Å². The maximum Gasteiger partial charge on any atom is 0.227 e. The molecule has 2 heterocycles. The minimum atomic E-state index is -0.626. The fraction of sp³-hybridized carbons (Fsp3) is 0.571. The number of fused-ring (bicyclic) bond motifs is 2. The zero-order chi connectivity index (χ0) is 31.4. The SMILES string of the molecule is CC(=O)c1ccc2c(c1)C[C@@H](N(C(C)=O)C(C)C)C21CCN(C(=O)C2CN(C(C)(C)C)C[C@H]2c2ccc(F)cc2F)CC1. The van der Waals surface area contributed by atoms with Crippen molar-refractivity contribution in [2.45, 2.75) is 96.7 Å². The van der Waals surface area contributed by atoms with Gasteiger partial charge in [-0.3, -0.25) is 19.3 Å². The largest absolute Gasteiger partial charge is 0.342 e. The van der Waals surface area contributed by atoms with E-state index >= 15 is 4.39 Å². The minimum Gasteiger partial charge on any atom is -0.342 e. The van der Waals surface area contributed by atoms with Crippen molar-refractivity contribution in [3.8, 4) is 0 Å². The Labute approximate surface area is 254 Å². The van der Waals surface area contributed by atoms with E-state index < -0.39 is 17.6 Å². The number of piperidine rings is 1. The summed E-state index contributed by atoms with van der Waals surface area (Å²) in [6, 6.07) is 9.55. The van der Waals surface area contributed by atoms with Crippen LogP contribution in [-0.4, -0.2) is 76.1 Å². The van der Waals surface area contributed by atoms with Gasteiger partial charge in [0.1, 0.15) is 11.6 Å². The molecule has 43 heavy (non-hydrogen) atoms. The molecule has 2 aromatic rings. The molecule has 1 spiro atoms. The second-order valence-electron chi connectivity index (χ2n) is 14.1. The summed E-state index contributed by atoms with van der Waals surface area (Å²) in [4.78, 5) is 45.5. The Morgan fingerprint density at radius 3 is 2.21 bits per heavy atom. The second-order valence-corrected chi connectivity index (χ2v) is 14.1. The molecule has 2 fully saturated rings. The van der Waals surface area contributed by atoms with Crippen molar-refractivity contribution in [3.63, 3.8) is 0 Å². The number of hydrogen-bond donors (Lipinski definition) is 0. The number of Topliss-reactive ketones (excluding diaryl/α,β-unsaturated/α-hetero) is 1. The van der Waals surface area contributed by atoms with Gasteiger partial charge >= 0.3 is 0 Å². The number of carbonyl (C=O) groups is 3. The van der Waals surface area contributed by atoms with E-state index in [2.05, 4.69) is 31.7 Å². The Balaban J connectivity index is 1.44. The molecular weight excluding hydrogens is 548 g/mol. The van der Waals surface area contributed by atoms with Crippen molar-refractivity contribution < 1.29 is 23.2 Å². The third kappa shape index (κ3) is 5.63. The number of likely N-dealkylation sites (tertiary alicyclic amines) is 2. The summed E-state index contributed by atoms with van der Waals surface area (Å²) in [7, 11) is 0. The van der Waals surface area contributed by atoms with Gasteiger partial charge in [-0.15, -0.1) is 0 Å². The standard InChI is InChI=1S/C35H45F2N3O3/c1-21(2)40(23(4)42)32-17-25-16-24(22(3)41)8-11-30(25)35(32)12-14-38(15-13-35)33(43)29-20-39(34(5,6)7)19-28(29)27-10-9-26(36)18-31(27)37/h8-11,16,18,21,28-29,32H,12-15,17,19-20H2,1-7H3/t28-,29?,32+/m0/s1. The molecule has 1 aliphatic carbocycles. The van der Waals surface area contributed by atoms with Crippen LogP contribution in [0.1, 0.15) is 94.3 Å². The van der Waals surface area contributed by atoms with Crippen LogP contribution in [0.5, 0.6) is 0 Å². The van der Waals surface area contributed by atoms with Crippen molar-refractivity contribution in [2.24, 2.45) is 5.92 Å². The quantitative estimate of drug-likeness (QED) is 0.416. The maximum atomic E-state index is 15.0. The first kappa shape index (κ1) is 31.3. The van der Waals surface area contributed by atoms with Gasteiger partial charge in [0.25, 0.3) is 0 Å². The smallest absolute Gasteiger partial charge is 0.227 e.